The Morgan fingerprint density at radius 3 is 2.61 bits per heavy atom. The summed E-state index contributed by atoms with van der Waals surface area (Å²) >= 11 is 5.95. The summed E-state index contributed by atoms with van der Waals surface area (Å²) in [4.78, 5) is 75.2. The van der Waals surface area contributed by atoms with Crippen molar-refractivity contribution in [2.75, 3.05) is 49.2 Å². The zero-order valence-corrected chi connectivity index (χ0v) is 34.7. The molecule has 5 N–H and O–H groups in total. The van der Waals surface area contributed by atoms with Crippen LogP contribution in [0.25, 0.3) is 10.9 Å². The Kier molecular flexibility index (Phi) is 14.1. The van der Waals surface area contributed by atoms with Gasteiger partial charge < -0.3 is 30.9 Å². The number of benzene rings is 3. The van der Waals surface area contributed by atoms with E-state index in [1.54, 1.807) is 29.2 Å². The van der Waals surface area contributed by atoms with E-state index in [4.69, 9.17) is 16.3 Å². The lowest BCUT2D eigenvalue weighted by molar-refractivity contribution is -0.137. The lowest BCUT2D eigenvalue weighted by Crippen LogP contribution is -2.52. The third-order valence-corrected chi connectivity index (χ3v) is 11.5. The van der Waals surface area contributed by atoms with Crippen LogP contribution < -0.4 is 31.3 Å². The quantitative estimate of drug-likeness (QED) is 0.0472. The molecule has 1 aromatic heterocycles. The van der Waals surface area contributed by atoms with Crippen molar-refractivity contribution in [1.82, 2.24) is 30.4 Å². The number of imide groups is 1. The number of fused-ring (bicyclic) bond motifs is 2. The second-order valence-electron chi connectivity index (χ2n) is 15.4. The lowest BCUT2D eigenvalue weighted by Gasteiger charge is -2.31. The first-order chi connectivity index (χ1) is 29.6. The highest BCUT2D eigenvalue weighted by atomic mass is 35.5. The van der Waals surface area contributed by atoms with Crippen LogP contribution in [0, 0.1) is 5.82 Å². The number of piperidine rings is 2. The van der Waals surface area contributed by atoms with E-state index in [9.17, 15) is 28.4 Å². The van der Waals surface area contributed by atoms with Gasteiger partial charge in [-0.05, 0) is 68.5 Å². The van der Waals surface area contributed by atoms with Gasteiger partial charge in [0.15, 0.2) is 0 Å². The van der Waals surface area contributed by atoms with Crippen LogP contribution in [0.4, 0.5) is 27.3 Å². The highest BCUT2D eigenvalue weighted by molar-refractivity contribution is 6.31. The molecule has 2 fully saturated rings. The number of ether oxygens (including phenoxy) is 1. The molecule has 3 aliphatic heterocycles. The van der Waals surface area contributed by atoms with Crippen LogP contribution in [0.3, 0.4) is 0 Å². The molecule has 3 aromatic carbocycles. The maximum Gasteiger partial charge on any atom is 0.255 e. The Balaban J connectivity index is 0.778. The smallest absolute Gasteiger partial charge is 0.255 e. The molecule has 0 spiro atoms. The number of hydrogen-bond donors (Lipinski definition) is 5. The summed E-state index contributed by atoms with van der Waals surface area (Å²) in [7, 11) is 1.51. The van der Waals surface area contributed by atoms with E-state index in [-0.39, 0.29) is 41.1 Å². The van der Waals surface area contributed by atoms with Crippen LogP contribution in [-0.4, -0.2) is 94.7 Å². The summed E-state index contributed by atoms with van der Waals surface area (Å²) in [6, 6.07) is 12.7. The summed E-state index contributed by atoms with van der Waals surface area (Å²) in [5, 5.41) is 15.6. The van der Waals surface area contributed by atoms with Crippen molar-refractivity contribution in [1.29, 1.82) is 0 Å². The van der Waals surface area contributed by atoms with Crippen molar-refractivity contribution in [3.8, 4) is 5.75 Å². The largest absolute Gasteiger partial charge is 0.494 e. The molecule has 0 radical (unpaired) electrons. The van der Waals surface area contributed by atoms with Crippen molar-refractivity contribution in [2.24, 2.45) is 0 Å². The zero-order valence-electron chi connectivity index (χ0n) is 33.9. The van der Waals surface area contributed by atoms with Crippen LogP contribution in [0.15, 0.2) is 67.0 Å². The van der Waals surface area contributed by atoms with E-state index < -0.39 is 17.8 Å². The van der Waals surface area contributed by atoms with Crippen molar-refractivity contribution in [3.05, 3.63) is 89.0 Å². The molecule has 4 heterocycles. The molecule has 2 saturated heterocycles. The van der Waals surface area contributed by atoms with Gasteiger partial charge >= 0.3 is 0 Å². The minimum atomic E-state index is -0.643. The summed E-state index contributed by atoms with van der Waals surface area (Å²) in [5.41, 5.74) is 3.88. The highest BCUT2D eigenvalue weighted by Crippen LogP contribution is 2.35. The van der Waals surface area contributed by atoms with Crippen LogP contribution in [0.5, 0.6) is 5.75 Å². The first kappa shape index (κ1) is 43.0. The number of nitrogens with zero attached hydrogens (tertiary/aromatic N) is 4. The molecule has 61 heavy (non-hydrogen) atoms. The lowest BCUT2D eigenvalue weighted by atomic mass is 10.0. The number of anilines is 4. The third kappa shape index (κ3) is 10.8. The number of rotatable bonds is 17. The fourth-order valence-electron chi connectivity index (χ4n) is 7.94. The summed E-state index contributed by atoms with van der Waals surface area (Å²) in [5.74, 6) is -0.837. The Morgan fingerprint density at radius 2 is 1.82 bits per heavy atom. The summed E-state index contributed by atoms with van der Waals surface area (Å²) in [6.45, 7) is 3.23. The number of methoxy groups -OCH3 is 1. The van der Waals surface area contributed by atoms with Gasteiger partial charge in [-0.1, -0.05) is 36.6 Å². The Morgan fingerprint density at radius 1 is 1.00 bits per heavy atom. The number of aromatic nitrogens is 2. The molecular formula is C44H49ClFN9O6. The Labute approximate surface area is 357 Å². The van der Waals surface area contributed by atoms with Gasteiger partial charge in [-0.3, -0.25) is 34.2 Å². The number of likely N-dealkylation sites (tertiary alicyclic amines) is 1. The molecule has 320 valence electrons. The van der Waals surface area contributed by atoms with Gasteiger partial charge in [-0.15, -0.1) is 0 Å². The molecule has 17 heteroatoms. The normalized spacial score (nSPS) is 17.1. The van der Waals surface area contributed by atoms with Gasteiger partial charge in [0, 0.05) is 91.6 Å². The number of unbranched alkanes of at least 4 members (excludes halogenated alkanes) is 3. The predicted molar refractivity (Wildman–Crippen MR) is 230 cm³/mol. The number of amides is 5. The average Bonchev–Trinajstić information content (AvgIpc) is 3.58. The third-order valence-electron chi connectivity index (χ3n) is 11.2. The van der Waals surface area contributed by atoms with Gasteiger partial charge in [0.25, 0.3) is 5.91 Å². The molecule has 1 atom stereocenters. The van der Waals surface area contributed by atoms with Gasteiger partial charge in [0.2, 0.25) is 23.6 Å². The van der Waals surface area contributed by atoms with Crippen molar-refractivity contribution < 1.29 is 33.1 Å². The van der Waals surface area contributed by atoms with Gasteiger partial charge in [0.1, 0.15) is 29.8 Å². The zero-order chi connectivity index (χ0) is 42.9. The molecular weight excluding hydrogens is 805 g/mol. The number of carbonyl (C=O) groups excluding carboxylic acids is 5. The molecule has 0 saturated carbocycles. The Hall–Kier alpha value is -6.13. The highest BCUT2D eigenvalue weighted by Gasteiger charge is 2.39. The molecule has 5 amide bonds. The number of halogens is 2. The maximum absolute atomic E-state index is 13.7. The Bertz CT molecular complexity index is 2340. The van der Waals surface area contributed by atoms with Crippen LogP contribution in [0.1, 0.15) is 73.7 Å². The van der Waals surface area contributed by atoms with Crippen molar-refractivity contribution in [2.45, 2.75) is 76.4 Å². The minimum Gasteiger partial charge on any atom is -0.494 e. The van der Waals surface area contributed by atoms with Crippen LogP contribution in [-0.2, 0) is 25.7 Å². The molecule has 3 aliphatic rings. The summed E-state index contributed by atoms with van der Waals surface area (Å²) < 4.78 is 19.2. The fourth-order valence-corrected chi connectivity index (χ4v) is 8.12. The van der Waals surface area contributed by atoms with E-state index in [0.717, 1.165) is 69.4 Å². The van der Waals surface area contributed by atoms with Gasteiger partial charge in [-0.2, -0.15) is 0 Å². The van der Waals surface area contributed by atoms with E-state index in [2.05, 4.69) is 41.5 Å². The number of nitrogens with one attached hydrogen (secondary N) is 5. The first-order valence-corrected chi connectivity index (χ1v) is 21.0. The standard InChI is InChI=1S/C44H49ClFN9O6/c1-61-38-24-35-30(42(49-26-48-35)51-28-12-13-33(46)32(45)22-28)23-36(38)52-40(57)11-7-19-54-20-16-27(17-21-54)50-39(56)10-4-2-3-5-18-47-34-9-6-8-29-31(34)25-55(44(29)60)37-14-15-41(58)53-43(37)59/h6-9,11-13,22-24,26-27,37,47H,2-5,10,14-21,25H2,1H3,(H,50,56)(H,52,57)(H,48,49,51)(H,53,58,59)/b11-7+. The van der Waals surface area contributed by atoms with Gasteiger partial charge in [-0.25, -0.2) is 14.4 Å². The molecule has 7 rings (SSSR count). The van der Waals surface area contributed by atoms with Crippen LogP contribution in [0.2, 0.25) is 5.02 Å². The fraction of sp³-hybridized carbons (Fsp3) is 0.386. The second-order valence-corrected chi connectivity index (χ2v) is 15.8. The molecule has 15 nitrogen and oxygen atoms in total. The van der Waals surface area contributed by atoms with Crippen molar-refractivity contribution in [3.63, 3.8) is 0 Å². The van der Waals surface area contributed by atoms with Gasteiger partial charge in [0.05, 0.1) is 23.3 Å². The maximum atomic E-state index is 13.7. The number of carbonyl (C=O) groups is 5. The molecule has 1 unspecified atom stereocenters. The van der Waals surface area contributed by atoms with E-state index in [0.29, 0.717) is 65.3 Å². The van der Waals surface area contributed by atoms with Crippen molar-refractivity contribution >= 4 is 74.9 Å². The van der Waals surface area contributed by atoms with Crippen LogP contribution >= 0.6 is 11.6 Å². The topological polar surface area (TPSA) is 187 Å². The SMILES string of the molecule is COc1cc2ncnc(Nc3ccc(F)c(Cl)c3)c2cc1NC(=O)/C=C/CN1CCC(NC(=O)CCCCCCNc2cccc3c2CN(C2CCC(=O)NC2=O)C3=O)CC1. The summed E-state index contributed by atoms with van der Waals surface area (Å²) in [6.07, 6.45) is 11.0. The molecule has 4 aromatic rings. The van der Waals surface area contributed by atoms with E-state index in [1.165, 1.54) is 31.6 Å². The first-order valence-electron chi connectivity index (χ1n) is 20.6. The average molecular weight is 854 g/mol. The molecule has 0 aliphatic carbocycles. The minimum absolute atomic E-state index is 0.0268. The number of hydrogen-bond acceptors (Lipinski definition) is 11. The second kappa shape index (κ2) is 20.0. The monoisotopic (exact) mass is 853 g/mol. The van der Waals surface area contributed by atoms with E-state index in [1.807, 2.05) is 18.2 Å². The van der Waals surface area contributed by atoms with E-state index >= 15 is 0 Å². The molecule has 0 bridgehead atoms. The predicted octanol–water partition coefficient (Wildman–Crippen LogP) is 6.07.